The van der Waals surface area contributed by atoms with Crippen LogP contribution < -0.4 is 15.8 Å². The van der Waals surface area contributed by atoms with E-state index >= 15 is 0 Å². The van der Waals surface area contributed by atoms with E-state index in [1.165, 1.54) is 18.1 Å². The highest BCUT2D eigenvalue weighted by Crippen LogP contribution is 2.24. The largest absolute Gasteiger partial charge is 0.497 e. The van der Waals surface area contributed by atoms with E-state index in [0.717, 1.165) is 11.0 Å². The summed E-state index contributed by atoms with van der Waals surface area (Å²) in [4.78, 5) is 34.7. The maximum Gasteiger partial charge on any atom is 0.237 e. The number of nitrogens with one attached hydrogen (secondary N) is 3. The monoisotopic (exact) mass is 370 g/mol. The van der Waals surface area contributed by atoms with Gasteiger partial charge in [0.25, 0.3) is 0 Å². The number of ether oxygens (including phenoxy) is 1. The van der Waals surface area contributed by atoms with Gasteiger partial charge in [-0.3, -0.25) is 10.1 Å². The third kappa shape index (κ3) is 3.11. The van der Waals surface area contributed by atoms with Gasteiger partial charge in [-0.05, 0) is 12.1 Å². The number of nitrogen functional groups attached to an aromatic ring is 1. The number of imidazole rings is 2. The number of aromatic nitrogens is 6. The second-order valence-electron chi connectivity index (χ2n) is 5.29. The van der Waals surface area contributed by atoms with Crippen molar-refractivity contribution in [1.29, 1.82) is 0 Å². The molecule has 132 valence electrons. The molecule has 5 N–H and O–H groups in total. The van der Waals surface area contributed by atoms with Crippen molar-refractivity contribution in [3.05, 3.63) is 24.5 Å². The van der Waals surface area contributed by atoms with E-state index in [1.807, 2.05) is 12.1 Å². The summed E-state index contributed by atoms with van der Waals surface area (Å²) in [5.41, 5.74) is 8.28. The van der Waals surface area contributed by atoms with Crippen molar-refractivity contribution in [2.24, 2.45) is 0 Å². The summed E-state index contributed by atoms with van der Waals surface area (Å²) in [6.07, 6.45) is 1.51. The van der Waals surface area contributed by atoms with Crippen LogP contribution in [0.4, 0.5) is 11.9 Å². The van der Waals surface area contributed by atoms with Crippen molar-refractivity contribution >= 4 is 51.8 Å². The number of carbonyl (C=O) groups is 1. The Bertz CT molecular complexity index is 1110. The van der Waals surface area contributed by atoms with Crippen molar-refractivity contribution < 1.29 is 9.53 Å². The van der Waals surface area contributed by atoms with E-state index in [1.54, 1.807) is 13.2 Å². The molecule has 1 aromatic carbocycles. The summed E-state index contributed by atoms with van der Waals surface area (Å²) in [5, 5.41) is 3.29. The van der Waals surface area contributed by atoms with Crippen LogP contribution >= 0.6 is 11.8 Å². The Hall–Kier alpha value is -3.34. The smallest absolute Gasteiger partial charge is 0.237 e. The van der Waals surface area contributed by atoms with Crippen LogP contribution in [-0.2, 0) is 4.79 Å². The highest BCUT2D eigenvalue weighted by atomic mass is 32.2. The molecule has 3 aromatic heterocycles. The number of fused-ring (bicyclic) bond motifs is 2. The molecule has 0 spiro atoms. The molecule has 4 aromatic rings. The van der Waals surface area contributed by atoms with Crippen molar-refractivity contribution in [2.45, 2.75) is 5.03 Å². The van der Waals surface area contributed by atoms with Crippen molar-refractivity contribution in [3.8, 4) is 5.75 Å². The van der Waals surface area contributed by atoms with Gasteiger partial charge in [-0.15, -0.1) is 0 Å². The number of thioether (sulfide) groups is 1. The van der Waals surface area contributed by atoms with E-state index in [-0.39, 0.29) is 17.6 Å². The van der Waals surface area contributed by atoms with Crippen LogP contribution in [-0.4, -0.2) is 48.7 Å². The second kappa shape index (κ2) is 6.52. The third-order valence-electron chi connectivity index (χ3n) is 3.56. The van der Waals surface area contributed by atoms with E-state index in [9.17, 15) is 4.79 Å². The molecule has 0 saturated carbocycles. The Kier molecular flexibility index (Phi) is 4.05. The summed E-state index contributed by atoms with van der Waals surface area (Å²) in [6, 6.07) is 5.43. The maximum absolute atomic E-state index is 12.2. The molecule has 0 atom stereocenters. The van der Waals surface area contributed by atoms with Crippen LogP contribution in [0.3, 0.4) is 0 Å². The molecule has 0 radical (unpaired) electrons. The average molecular weight is 370 g/mol. The Morgan fingerprint density at radius 2 is 2.23 bits per heavy atom. The zero-order chi connectivity index (χ0) is 18.1. The molecular weight excluding hydrogens is 356 g/mol. The van der Waals surface area contributed by atoms with E-state index in [2.05, 4.69) is 35.2 Å². The molecule has 0 aliphatic heterocycles. The van der Waals surface area contributed by atoms with E-state index in [4.69, 9.17) is 10.5 Å². The number of amides is 1. The first kappa shape index (κ1) is 16.1. The minimum Gasteiger partial charge on any atom is -0.497 e. The summed E-state index contributed by atoms with van der Waals surface area (Å²) in [6.45, 7) is 0. The Labute approximate surface area is 151 Å². The predicted octanol–water partition coefficient (Wildman–Crippen LogP) is 1.55. The highest BCUT2D eigenvalue weighted by Gasteiger charge is 2.13. The quantitative estimate of drug-likeness (QED) is 0.305. The predicted molar refractivity (Wildman–Crippen MR) is 98.1 cm³/mol. The molecule has 4 rings (SSSR count). The van der Waals surface area contributed by atoms with Gasteiger partial charge in [0, 0.05) is 6.07 Å². The van der Waals surface area contributed by atoms with Gasteiger partial charge in [0.1, 0.15) is 16.3 Å². The summed E-state index contributed by atoms with van der Waals surface area (Å²) < 4.78 is 5.17. The molecule has 0 unspecified atom stereocenters. The standard InChI is InChI=1S/C15H14N8O2S/c1-25-7-2-3-8-9(4-7)20-15(19-8)21-10(24)5-26-13-11-12(18-6-17-11)22-14(16)23-13/h2-4,6H,5H2,1H3,(H2,19,20,21,24)(H3,16,17,18,22,23). The van der Waals surface area contributed by atoms with Crippen molar-refractivity contribution in [3.63, 3.8) is 0 Å². The zero-order valence-corrected chi connectivity index (χ0v) is 14.4. The molecule has 0 aliphatic rings. The lowest BCUT2D eigenvalue weighted by atomic mass is 10.3. The SMILES string of the molecule is COc1ccc2nc(NC(=O)CSc3nc(N)nc4nc[nH]c34)[nH]c2c1. The van der Waals surface area contributed by atoms with Crippen LogP contribution in [0.15, 0.2) is 29.6 Å². The molecule has 0 saturated heterocycles. The Morgan fingerprint density at radius 3 is 3.08 bits per heavy atom. The minimum atomic E-state index is -0.231. The summed E-state index contributed by atoms with van der Waals surface area (Å²) in [7, 11) is 1.59. The lowest BCUT2D eigenvalue weighted by molar-refractivity contribution is -0.113. The van der Waals surface area contributed by atoms with Gasteiger partial charge < -0.3 is 20.4 Å². The molecule has 1 amide bonds. The number of carbonyl (C=O) groups excluding carboxylic acids is 1. The zero-order valence-electron chi connectivity index (χ0n) is 13.6. The van der Waals surface area contributed by atoms with Gasteiger partial charge >= 0.3 is 0 Å². The number of hydrogen-bond acceptors (Lipinski definition) is 8. The number of aromatic amines is 2. The number of nitrogens with zero attached hydrogens (tertiary/aromatic N) is 4. The van der Waals surface area contributed by atoms with Gasteiger partial charge in [-0.1, -0.05) is 11.8 Å². The molecule has 26 heavy (non-hydrogen) atoms. The number of anilines is 2. The fourth-order valence-corrected chi connectivity index (χ4v) is 3.20. The van der Waals surface area contributed by atoms with Crippen molar-refractivity contribution in [1.82, 2.24) is 29.9 Å². The molecule has 0 bridgehead atoms. The fourth-order valence-electron chi connectivity index (χ4n) is 2.40. The van der Waals surface area contributed by atoms with Crippen LogP contribution in [0, 0.1) is 0 Å². The topological polar surface area (TPSA) is 147 Å². The number of hydrogen-bond donors (Lipinski definition) is 4. The Balaban J connectivity index is 1.46. The van der Waals surface area contributed by atoms with Gasteiger partial charge in [-0.2, -0.15) is 4.98 Å². The van der Waals surface area contributed by atoms with Crippen LogP contribution in [0.25, 0.3) is 22.2 Å². The van der Waals surface area contributed by atoms with Crippen LogP contribution in [0.1, 0.15) is 0 Å². The highest BCUT2D eigenvalue weighted by molar-refractivity contribution is 8.00. The molecule has 0 aliphatic carbocycles. The first-order valence-corrected chi connectivity index (χ1v) is 8.54. The molecule has 0 fully saturated rings. The summed E-state index contributed by atoms with van der Waals surface area (Å²) in [5.74, 6) is 1.09. The lowest BCUT2D eigenvalue weighted by Crippen LogP contribution is -2.15. The molecular formula is C15H14N8O2S. The minimum absolute atomic E-state index is 0.110. The maximum atomic E-state index is 12.2. The van der Waals surface area contributed by atoms with E-state index in [0.29, 0.717) is 27.9 Å². The number of H-pyrrole nitrogens is 2. The van der Waals surface area contributed by atoms with Gasteiger partial charge in [0.05, 0.1) is 30.2 Å². The number of benzene rings is 1. The number of methoxy groups -OCH3 is 1. The van der Waals surface area contributed by atoms with Crippen molar-refractivity contribution in [2.75, 3.05) is 23.9 Å². The fraction of sp³-hybridized carbons (Fsp3) is 0.133. The van der Waals surface area contributed by atoms with Gasteiger partial charge in [-0.25, -0.2) is 15.0 Å². The second-order valence-corrected chi connectivity index (χ2v) is 6.26. The molecule has 10 nitrogen and oxygen atoms in total. The average Bonchev–Trinajstić information content (AvgIpc) is 3.24. The van der Waals surface area contributed by atoms with E-state index < -0.39 is 0 Å². The summed E-state index contributed by atoms with van der Waals surface area (Å²) >= 11 is 1.23. The number of rotatable bonds is 5. The molecule has 11 heteroatoms. The van der Waals surface area contributed by atoms with Gasteiger partial charge in [0.2, 0.25) is 17.8 Å². The first-order chi connectivity index (χ1) is 12.6. The lowest BCUT2D eigenvalue weighted by Gasteiger charge is -2.03. The third-order valence-corrected chi connectivity index (χ3v) is 4.53. The normalized spacial score (nSPS) is 11.1. The van der Waals surface area contributed by atoms with Crippen LogP contribution in [0.2, 0.25) is 0 Å². The first-order valence-electron chi connectivity index (χ1n) is 7.55. The van der Waals surface area contributed by atoms with Crippen LogP contribution in [0.5, 0.6) is 5.75 Å². The Morgan fingerprint density at radius 1 is 1.35 bits per heavy atom. The molecule has 3 heterocycles. The number of nitrogens with two attached hydrogens (primary N) is 1. The van der Waals surface area contributed by atoms with Gasteiger partial charge in [0.15, 0.2) is 5.65 Å².